The normalized spacial score (nSPS) is 11.7. The smallest absolute Gasteiger partial charge is 0.145 e. The standard InChI is InChI=1S/C9H13FN2O/c1-9(2,6-13-11)8-7(10)4-3-5-12-8/h3-5H,6,11H2,1-2H3. The molecule has 4 heteroatoms. The van der Waals surface area contributed by atoms with E-state index >= 15 is 0 Å². The van der Waals surface area contributed by atoms with E-state index in [9.17, 15) is 4.39 Å². The number of hydrogen-bond donors (Lipinski definition) is 1. The lowest BCUT2D eigenvalue weighted by Gasteiger charge is -2.22. The molecule has 0 fully saturated rings. The molecule has 1 heterocycles. The topological polar surface area (TPSA) is 48.1 Å². The van der Waals surface area contributed by atoms with Crippen LogP contribution in [0.25, 0.3) is 0 Å². The molecular weight excluding hydrogens is 171 g/mol. The minimum Gasteiger partial charge on any atom is -0.304 e. The Bertz CT molecular complexity index is 289. The van der Waals surface area contributed by atoms with Gasteiger partial charge in [0.15, 0.2) is 0 Å². The average Bonchev–Trinajstić information content (AvgIpc) is 2.04. The number of nitrogens with two attached hydrogens (primary N) is 1. The zero-order chi connectivity index (χ0) is 9.90. The summed E-state index contributed by atoms with van der Waals surface area (Å²) in [5.41, 5.74) is -0.124. The zero-order valence-corrected chi connectivity index (χ0v) is 7.75. The molecule has 3 nitrogen and oxygen atoms in total. The van der Waals surface area contributed by atoms with Gasteiger partial charge >= 0.3 is 0 Å². The van der Waals surface area contributed by atoms with Crippen molar-refractivity contribution in [3.8, 4) is 0 Å². The van der Waals surface area contributed by atoms with E-state index in [4.69, 9.17) is 5.90 Å². The van der Waals surface area contributed by atoms with Crippen LogP contribution >= 0.6 is 0 Å². The summed E-state index contributed by atoms with van der Waals surface area (Å²) in [5, 5.41) is 0. The van der Waals surface area contributed by atoms with Crippen LogP contribution in [0.4, 0.5) is 4.39 Å². The summed E-state index contributed by atoms with van der Waals surface area (Å²) in [5.74, 6) is 4.62. The fourth-order valence-corrected chi connectivity index (χ4v) is 1.16. The molecule has 1 aromatic heterocycles. The number of aromatic nitrogens is 1. The van der Waals surface area contributed by atoms with E-state index in [2.05, 4.69) is 9.82 Å². The Morgan fingerprint density at radius 3 is 2.85 bits per heavy atom. The number of nitrogens with zero attached hydrogens (tertiary/aromatic N) is 1. The molecule has 13 heavy (non-hydrogen) atoms. The van der Waals surface area contributed by atoms with Gasteiger partial charge in [0.25, 0.3) is 0 Å². The summed E-state index contributed by atoms with van der Waals surface area (Å²) < 4.78 is 13.2. The van der Waals surface area contributed by atoms with E-state index in [1.165, 1.54) is 6.07 Å². The lowest BCUT2D eigenvalue weighted by molar-refractivity contribution is 0.0934. The zero-order valence-electron chi connectivity index (χ0n) is 7.75. The van der Waals surface area contributed by atoms with E-state index in [1.54, 1.807) is 12.3 Å². The van der Waals surface area contributed by atoms with Gasteiger partial charge in [-0.2, -0.15) is 0 Å². The van der Waals surface area contributed by atoms with Crippen LogP contribution in [0, 0.1) is 5.82 Å². The van der Waals surface area contributed by atoms with E-state index in [0.29, 0.717) is 5.69 Å². The molecule has 2 N–H and O–H groups in total. The first kappa shape index (κ1) is 10.1. The molecule has 0 aliphatic rings. The molecule has 0 saturated carbocycles. The van der Waals surface area contributed by atoms with Crippen molar-refractivity contribution >= 4 is 0 Å². The van der Waals surface area contributed by atoms with Crippen molar-refractivity contribution in [1.82, 2.24) is 4.98 Å². The molecule has 0 bridgehead atoms. The van der Waals surface area contributed by atoms with Gasteiger partial charge in [0, 0.05) is 11.6 Å². The highest BCUT2D eigenvalue weighted by Gasteiger charge is 2.25. The number of rotatable bonds is 3. The van der Waals surface area contributed by atoms with E-state index < -0.39 is 5.41 Å². The summed E-state index contributed by atoms with van der Waals surface area (Å²) in [6, 6.07) is 2.93. The van der Waals surface area contributed by atoms with Crippen molar-refractivity contribution in [3.63, 3.8) is 0 Å². The van der Waals surface area contributed by atoms with Gasteiger partial charge in [-0.1, -0.05) is 13.8 Å². The van der Waals surface area contributed by atoms with Crippen LogP contribution in [0.2, 0.25) is 0 Å². The van der Waals surface area contributed by atoms with Crippen LogP contribution < -0.4 is 5.90 Å². The summed E-state index contributed by atoms with van der Waals surface area (Å²) in [6.07, 6.45) is 1.55. The van der Waals surface area contributed by atoms with Gasteiger partial charge in [-0.15, -0.1) is 0 Å². The fraction of sp³-hybridized carbons (Fsp3) is 0.444. The van der Waals surface area contributed by atoms with Crippen LogP contribution in [0.1, 0.15) is 19.5 Å². The Hall–Kier alpha value is -1.00. The Morgan fingerprint density at radius 2 is 2.31 bits per heavy atom. The third kappa shape index (κ3) is 2.23. The SMILES string of the molecule is CC(C)(CON)c1ncccc1F. The second kappa shape index (κ2) is 3.81. The molecule has 0 aromatic carbocycles. The molecule has 72 valence electrons. The molecule has 1 rings (SSSR count). The van der Waals surface area contributed by atoms with Crippen LogP contribution in [0.5, 0.6) is 0 Å². The summed E-state index contributed by atoms with van der Waals surface area (Å²) in [7, 11) is 0. The van der Waals surface area contributed by atoms with E-state index in [1.807, 2.05) is 13.8 Å². The highest BCUT2D eigenvalue weighted by molar-refractivity contribution is 5.16. The van der Waals surface area contributed by atoms with Crippen molar-refractivity contribution in [1.29, 1.82) is 0 Å². The minimum atomic E-state index is -0.500. The van der Waals surface area contributed by atoms with Gasteiger partial charge in [-0.25, -0.2) is 10.3 Å². The molecule has 0 atom stereocenters. The number of hydrogen-bond acceptors (Lipinski definition) is 3. The van der Waals surface area contributed by atoms with E-state index in [0.717, 1.165) is 0 Å². The van der Waals surface area contributed by atoms with Crippen molar-refractivity contribution in [2.45, 2.75) is 19.3 Å². The van der Waals surface area contributed by atoms with Crippen molar-refractivity contribution in [2.75, 3.05) is 6.61 Å². The maximum atomic E-state index is 13.2. The van der Waals surface area contributed by atoms with Crippen molar-refractivity contribution in [3.05, 3.63) is 29.8 Å². The maximum absolute atomic E-state index is 13.2. The summed E-state index contributed by atoms with van der Waals surface area (Å²) >= 11 is 0. The summed E-state index contributed by atoms with van der Waals surface area (Å²) in [6.45, 7) is 3.89. The predicted molar refractivity (Wildman–Crippen MR) is 47.4 cm³/mol. The largest absolute Gasteiger partial charge is 0.304 e. The minimum absolute atomic E-state index is 0.237. The quantitative estimate of drug-likeness (QED) is 0.722. The number of pyridine rings is 1. The second-order valence-electron chi connectivity index (χ2n) is 3.53. The lowest BCUT2D eigenvalue weighted by Crippen LogP contribution is -2.28. The molecule has 0 amide bonds. The van der Waals surface area contributed by atoms with Crippen molar-refractivity contribution < 1.29 is 9.23 Å². The molecule has 0 saturated heterocycles. The predicted octanol–water partition coefficient (Wildman–Crippen LogP) is 1.39. The van der Waals surface area contributed by atoms with Crippen LogP contribution in [0.15, 0.2) is 18.3 Å². The highest BCUT2D eigenvalue weighted by Crippen LogP contribution is 2.22. The van der Waals surface area contributed by atoms with E-state index in [-0.39, 0.29) is 12.4 Å². The van der Waals surface area contributed by atoms with Gasteiger partial charge < -0.3 is 4.84 Å². The van der Waals surface area contributed by atoms with Gasteiger partial charge in [-0.05, 0) is 12.1 Å². The average molecular weight is 184 g/mol. The van der Waals surface area contributed by atoms with Gasteiger partial charge in [0.2, 0.25) is 0 Å². The van der Waals surface area contributed by atoms with Crippen LogP contribution in [-0.2, 0) is 10.3 Å². The maximum Gasteiger partial charge on any atom is 0.145 e. The highest BCUT2D eigenvalue weighted by atomic mass is 19.1. The lowest BCUT2D eigenvalue weighted by atomic mass is 9.89. The van der Waals surface area contributed by atoms with Gasteiger partial charge in [0.05, 0.1) is 12.3 Å². The third-order valence-corrected chi connectivity index (χ3v) is 1.84. The summed E-state index contributed by atoms with van der Waals surface area (Å²) in [4.78, 5) is 8.47. The van der Waals surface area contributed by atoms with Crippen LogP contribution in [-0.4, -0.2) is 11.6 Å². The Kier molecular flexibility index (Phi) is 2.95. The first-order valence-corrected chi connectivity index (χ1v) is 4.00. The molecule has 0 spiro atoms. The molecular formula is C9H13FN2O. The molecule has 1 aromatic rings. The van der Waals surface area contributed by atoms with Crippen LogP contribution in [0.3, 0.4) is 0 Å². The van der Waals surface area contributed by atoms with Gasteiger partial charge in [0.1, 0.15) is 5.82 Å². The van der Waals surface area contributed by atoms with Crippen molar-refractivity contribution in [2.24, 2.45) is 5.90 Å². The Morgan fingerprint density at radius 1 is 1.62 bits per heavy atom. The molecule has 0 radical (unpaired) electrons. The molecule has 0 aliphatic carbocycles. The first-order chi connectivity index (χ1) is 6.08. The van der Waals surface area contributed by atoms with Gasteiger partial charge in [-0.3, -0.25) is 4.98 Å². The molecule has 0 aliphatic heterocycles. The first-order valence-electron chi connectivity index (χ1n) is 4.00. The monoisotopic (exact) mass is 184 g/mol. The molecule has 0 unspecified atom stereocenters. The Labute approximate surface area is 76.7 Å². The Balaban J connectivity index is 2.99. The number of halogens is 1. The fourth-order valence-electron chi connectivity index (χ4n) is 1.16. The third-order valence-electron chi connectivity index (χ3n) is 1.84. The second-order valence-corrected chi connectivity index (χ2v) is 3.53.